The van der Waals surface area contributed by atoms with Crippen molar-refractivity contribution in [1.82, 2.24) is 0 Å². The predicted octanol–water partition coefficient (Wildman–Crippen LogP) is 21.3. The Labute approximate surface area is 595 Å². The number of pyridine rings is 4. The Bertz CT molecular complexity index is 5260. The SMILES string of the molecule is CCc1c[n+](C)c(-c2cc(-c3ccccc3)c(C)cc2C)cc1C.CCc1cc(-c2cc(-c3ccccc3)c(C)cc2C)[n+](C)cc1C.[2H]C([2H])([2H])c1cc(C)c(-c2cc(C([2H])([2H])C)c(C([2H])([2H])[2H])c[n+]2C)cc1-c1ccccc1.[2H]C([2H])([2H])c1cc(C)c(-c2cc(C)c(C([2H])([2H])C)c[n+]2C)cc1-c1ccccc1. The first-order chi connectivity index (χ1) is 51.0. The van der Waals surface area contributed by atoms with E-state index >= 15 is 0 Å². The molecule has 12 aromatic rings. The maximum atomic E-state index is 8.20. The van der Waals surface area contributed by atoms with Crippen LogP contribution in [-0.2, 0) is 53.8 Å². The Hall–Kier alpha value is -9.64. The maximum Gasteiger partial charge on any atom is 0.212 e. The van der Waals surface area contributed by atoms with Crippen LogP contribution in [0.3, 0.4) is 0 Å². The minimum Gasteiger partial charge on any atom is -0.201 e. The van der Waals surface area contributed by atoms with E-state index in [1.807, 2.05) is 104 Å². The van der Waals surface area contributed by atoms with Crippen LogP contribution < -0.4 is 18.3 Å². The molecule has 0 aliphatic rings. The van der Waals surface area contributed by atoms with E-state index in [0.29, 0.717) is 39.1 Å². The third-order valence-corrected chi connectivity index (χ3v) is 18.5. The van der Waals surface area contributed by atoms with Gasteiger partial charge in [-0.3, -0.25) is 0 Å². The molecular weight excluding hydrogens is 1160 g/mol. The fourth-order valence-electron chi connectivity index (χ4n) is 13.1. The summed E-state index contributed by atoms with van der Waals surface area (Å²) in [6.45, 7) is 19.2. The van der Waals surface area contributed by atoms with Crippen molar-refractivity contribution in [2.45, 2.75) is 136 Å². The van der Waals surface area contributed by atoms with E-state index < -0.39 is 33.3 Å². The zero-order valence-corrected chi connectivity index (χ0v) is 59.5. The van der Waals surface area contributed by atoms with Crippen LogP contribution in [0.25, 0.3) is 89.5 Å². The van der Waals surface area contributed by atoms with Gasteiger partial charge < -0.3 is 0 Å². The van der Waals surface area contributed by atoms with Gasteiger partial charge in [0, 0.05) is 86.6 Å². The first-order valence-corrected chi connectivity index (χ1v) is 33.3. The van der Waals surface area contributed by atoms with Crippen LogP contribution in [0.5, 0.6) is 0 Å². The van der Waals surface area contributed by atoms with Crippen molar-refractivity contribution in [2.75, 3.05) is 0 Å². The van der Waals surface area contributed by atoms with Gasteiger partial charge in [0.25, 0.3) is 0 Å². The number of hydrogen-bond donors (Lipinski definition) is 0. The van der Waals surface area contributed by atoms with Crippen molar-refractivity contribution in [3.8, 4) is 89.5 Å². The van der Waals surface area contributed by atoms with E-state index in [-0.39, 0.29) is 16.7 Å². The van der Waals surface area contributed by atoms with Crippen LogP contribution in [0.4, 0.5) is 0 Å². The smallest absolute Gasteiger partial charge is 0.201 e. The molecule has 4 aromatic heterocycles. The minimum absolute atomic E-state index is 0.0451. The summed E-state index contributed by atoms with van der Waals surface area (Å²) in [6, 6.07) is 64.8. The van der Waals surface area contributed by atoms with Crippen LogP contribution >= 0.6 is 0 Å². The molecule has 4 heterocycles. The number of hydrogen-bond acceptors (Lipinski definition) is 0. The molecule has 0 saturated carbocycles. The normalized spacial score (nSPS) is 13.6. The van der Waals surface area contributed by atoms with Gasteiger partial charge in [0.2, 0.25) is 22.8 Å². The first-order valence-electron chi connectivity index (χ1n) is 39.8. The highest BCUT2D eigenvalue weighted by Crippen LogP contribution is 2.36. The van der Waals surface area contributed by atoms with Gasteiger partial charge in [-0.05, 0) is 244 Å². The first kappa shape index (κ1) is 54.6. The highest BCUT2D eigenvalue weighted by Gasteiger charge is 2.22. The molecule has 0 aliphatic carbocycles. The molecule has 488 valence electrons. The topological polar surface area (TPSA) is 15.5 Å². The van der Waals surface area contributed by atoms with Crippen LogP contribution in [0.15, 0.2) is 219 Å². The number of nitrogens with zero attached hydrogens (tertiary/aromatic N) is 4. The largest absolute Gasteiger partial charge is 0.212 e. The van der Waals surface area contributed by atoms with Gasteiger partial charge in [0.15, 0.2) is 24.8 Å². The summed E-state index contributed by atoms with van der Waals surface area (Å²) in [5.74, 6) is 0. The zero-order chi connectivity index (χ0) is 80.2. The molecule has 0 aliphatic heterocycles. The van der Waals surface area contributed by atoms with Crippen molar-refractivity contribution in [3.05, 3.63) is 308 Å². The standard InChI is InChI=1S/4C23H26N/c2*1-6-19-15-24(5)23(13-16(19)2)22-14-21(17(3)12-18(22)4)20-10-8-7-9-11-20;2*1-6-19-13-23(24(5)15-18(19)4)22-14-21(16(2)12-17(22)3)20-10-8-7-9-11-20/h4*7-15H,6H2,1-5H3/q4*+1/i3D3,6D2;;2D3,4D3,6D2;. The van der Waals surface area contributed by atoms with Crippen molar-refractivity contribution >= 4 is 0 Å². The Morgan fingerprint density at radius 1 is 0.250 bits per heavy atom. The quantitative estimate of drug-likeness (QED) is 0.108. The highest BCUT2D eigenvalue weighted by atomic mass is 14.9. The molecule has 0 amide bonds. The lowest BCUT2D eigenvalue weighted by atomic mass is 9.92. The molecule has 0 spiro atoms. The average Bonchev–Trinajstić information content (AvgIpc) is 0.770. The van der Waals surface area contributed by atoms with Gasteiger partial charge >= 0.3 is 0 Å². The maximum absolute atomic E-state index is 8.20. The molecule has 0 saturated heterocycles. The molecule has 4 nitrogen and oxygen atoms in total. The summed E-state index contributed by atoms with van der Waals surface area (Å²) in [7, 11) is 7.89. The summed E-state index contributed by atoms with van der Waals surface area (Å²) in [4.78, 5) is 0. The molecule has 0 unspecified atom stereocenters. The lowest BCUT2D eigenvalue weighted by molar-refractivity contribution is -0.661. The molecular formula is C92H104N4+4. The number of aromatic nitrogens is 4. The zero-order valence-electron chi connectivity index (χ0n) is 72.5. The highest BCUT2D eigenvalue weighted by molar-refractivity contribution is 5.79. The molecule has 12 rings (SSSR count). The molecule has 4 heteroatoms. The number of aryl methyl sites for hydroxylation is 20. The molecule has 0 radical (unpaired) electrons. The minimum atomic E-state index is -2.47. The van der Waals surface area contributed by atoms with Gasteiger partial charge in [-0.15, -0.1) is 0 Å². The van der Waals surface area contributed by atoms with Crippen molar-refractivity contribution < 1.29 is 36.1 Å². The van der Waals surface area contributed by atoms with Gasteiger partial charge in [-0.1, -0.05) is 173 Å². The van der Waals surface area contributed by atoms with Crippen LogP contribution in [-0.4, -0.2) is 0 Å². The second kappa shape index (κ2) is 31.7. The van der Waals surface area contributed by atoms with E-state index in [2.05, 4.69) is 188 Å². The summed E-state index contributed by atoms with van der Waals surface area (Å²) < 4.78 is 112. The van der Waals surface area contributed by atoms with Crippen molar-refractivity contribution in [3.63, 3.8) is 0 Å². The lowest BCUT2D eigenvalue weighted by Crippen LogP contribution is -2.32. The second-order valence-corrected chi connectivity index (χ2v) is 25.5. The lowest BCUT2D eigenvalue weighted by Gasteiger charge is -2.13. The van der Waals surface area contributed by atoms with Gasteiger partial charge in [-0.2, -0.15) is 0 Å². The van der Waals surface area contributed by atoms with Crippen LogP contribution in [0.1, 0.15) is 135 Å². The summed E-state index contributed by atoms with van der Waals surface area (Å²) in [6.07, 6.45) is 6.61. The molecule has 0 fully saturated rings. The van der Waals surface area contributed by atoms with Gasteiger partial charge in [-0.25, -0.2) is 18.3 Å². The molecule has 0 atom stereocenters. The van der Waals surface area contributed by atoms with Crippen molar-refractivity contribution in [1.29, 1.82) is 0 Å². The van der Waals surface area contributed by atoms with E-state index in [0.717, 1.165) is 46.4 Å². The Morgan fingerprint density at radius 2 is 0.521 bits per heavy atom. The monoisotopic (exact) mass is 1280 g/mol. The number of benzene rings is 8. The van der Waals surface area contributed by atoms with E-state index in [9.17, 15) is 0 Å². The van der Waals surface area contributed by atoms with E-state index in [1.165, 1.54) is 102 Å². The molecule has 8 aromatic carbocycles. The second-order valence-electron chi connectivity index (χ2n) is 25.5. The Balaban J connectivity index is 0.000000169. The van der Waals surface area contributed by atoms with Crippen LogP contribution in [0, 0.1) is 82.9 Å². The van der Waals surface area contributed by atoms with Crippen LogP contribution in [0.2, 0.25) is 0 Å². The number of rotatable bonds is 12. The van der Waals surface area contributed by atoms with Crippen molar-refractivity contribution in [2.24, 2.45) is 28.2 Å². The Morgan fingerprint density at radius 3 is 0.854 bits per heavy atom. The predicted molar refractivity (Wildman–Crippen MR) is 408 cm³/mol. The third kappa shape index (κ3) is 16.2. The summed E-state index contributed by atoms with van der Waals surface area (Å²) in [5, 5.41) is 0. The Kier molecular flexibility index (Phi) is 18.0. The van der Waals surface area contributed by atoms with Gasteiger partial charge in [0.05, 0.1) is 0 Å². The average molecular weight is 1280 g/mol. The summed E-state index contributed by atoms with van der Waals surface area (Å²) in [5.41, 5.74) is 31.0. The fourth-order valence-corrected chi connectivity index (χ4v) is 13.1. The molecule has 96 heavy (non-hydrogen) atoms. The third-order valence-electron chi connectivity index (χ3n) is 18.5. The van der Waals surface area contributed by atoms with E-state index in [4.69, 9.17) is 17.8 Å². The molecule has 0 N–H and O–H groups in total. The van der Waals surface area contributed by atoms with E-state index in [1.54, 1.807) is 49.7 Å². The fraction of sp³-hybridized carbons (Fsp3) is 0.261. The summed E-state index contributed by atoms with van der Waals surface area (Å²) >= 11 is 0. The van der Waals surface area contributed by atoms with Gasteiger partial charge in [0.1, 0.15) is 28.2 Å². The molecule has 0 bridgehead atoms.